The Hall–Kier alpha value is -1.52. The number of nitrogens with two attached hydrogens (primary N) is 1. The maximum absolute atomic E-state index is 6.11. The summed E-state index contributed by atoms with van der Waals surface area (Å²) in [6, 6.07) is 0.426. The van der Waals surface area contributed by atoms with Crippen molar-refractivity contribution in [1.29, 1.82) is 0 Å². The summed E-state index contributed by atoms with van der Waals surface area (Å²) in [5.74, 6) is 2.55. The van der Waals surface area contributed by atoms with Crippen molar-refractivity contribution >= 4 is 11.5 Å². The fourth-order valence-electron chi connectivity index (χ4n) is 2.77. The van der Waals surface area contributed by atoms with Crippen LogP contribution in [0.2, 0.25) is 0 Å². The molecule has 1 aromatic heterocycles. The van der Waals surface area contributed by atoms with Gasteiger partial charge in [0.1, 0.15) is 12.0 Å². The SMILES string of the molecule is CCCOc1ncnc(NC2CCCC(C)C2C)c1N. The standard InChI is InChI=1S/C15H26N4O/c1-4-8-20-15-13(16)14(17-9-18-15)19-12-7-5-6-10(2)11(12)3/h9-12H,4-8,16H2,1-3H3,(H,17,18,19). The average molecular weight is 278 g/mol. The Labute approximate surface area is 121 Å². The van der Waals surface area contributed by atoms with E-state index in [-0.39, 0.29) is 0 Å². The minimum absolute atomic E-state index is 0.426. The number of hydrogen-bond donors (Lipinski definition) is 2. The van der Waals surface area contributed by atoms with Crippen LogP contribution < -0.4 is 15.8 Å². The van der Waals surface area contributed by atoms with Crippen molar-refractivity contribution in [1.82, 2.24) is 9.97 Å². The van der Waals surface area contributed by atoms with E-state index in [0.29, 0.717) is 36.0 Å². The number of aromatic nitrogens is 2. The first-order valence-electron chi connectivity index (χ1n) is 7.63. The van der Waals surface area contributed by atoms with Crippen LogP contribution in [0.5, 0.6) is 5.88 Å². The molecule has 5 heteroatoms. The number of ether oxygens (including phenoxy) is 1. The minimum Gasteiger partial charge on any atom is -0.476 e. The number of hydrogen-bond acceptors (Lipinski definition) is 5. The molecule has 0 spiro atoms. The van der Waals surface area contributed by atoms with Crippen LogP contribution in [0.1, 0.15) is 46.5 Å². The van der Waals surface area contributed by atoms with Crippen LogP contribution in [0.3, 0.4) is 0 Å². The quantitative estimate of drug-likeness (QED) is 0.866. The molecule has 0 aliphatic heterocycles. The molecule has 1 saturated carbocycles. The molecule has 0 radical (unpaired) electrons. The Morgan fingerprint density at radius 3 is 2.90 bits per heavy atom. The molecule has 1 aromatic rings. The van der Waals surface area contributed by atoms with Gasteiger partial charge >= 0.3 is 0 Å². The monoisotopic (exact) mass is 278 g/mol. The fourth-order valence-corrected chi connectivity index (χ4v) is 2.77. The molecule has 112 valence electrons. The lowest BCUT2D eigenvalue weighted by atomic mass is 9.78. The molecule has 1 heterocycles. The molecule has 3 N–H and O–H groups in total. The van der Waals surface area contributed by atoms with Crippen molar-refractivity contribution in [3.05, 3.63) is 6.33 Å². The van der Waals surface area contributed by atoms with Crippen LogP contribution in [0.25, 0.3) is 0 Å². The summed E-state index contributed by atoms with van der Waals surface area (Å²) in [5, 5.41) is 3.49. The molecule has 1 aliphatic carbocycles. The zero-order chi connectivity index (χ0) is 14.5. The van der Waals surface area contributed by atoms with Crippen LogP contribution in [0.4, 0.5) is 11.5 Å². The third-order valence-corrected chi connectivity index (χ3v) is 4.32. The Bertz CT molecular complexity index is 438. The van der Waals surface area contributed by atoms with E-state index >= 15 is 0 Å². The van der Waals surface area contributed by atoms with Crippen molar-refractivity contribution in [3.63, 3.8) is 0 Å². The maximum atomic E-state index is 6.11. The first-order chi connectivity index (χ1) is 9.63. The molecule has 1 aliphatic rings. The Morgan fingerprint density at radius 1 is 1.35 bits per heavy atom. The summed E-state index contributed by atoms with van der Waals surface area (Å²) < 4.78 is 5.55. The normalized spacial score (nSPS) is 26.2. The van der Waals surface area contributed by atoms with Gasteiger partial charge in [-0.1, -0.05) is 33.6 Å². The van der Waals surface area contributed by atoms with E-state index in [0.717, 1.165) is 12.3 Å². The predicted molar refractivity (Wildman–Crippen MR) is 81.8 cm³/mol. The lowest BCUT2D eigenvalue weighted by Crippen LogP contribution is -2.35. The molecule has 20 heavy (non-hydrogen) atoms. The van der Waals surface area contributed by atoms with Gasteiger partial charge in [0, 0.05) is 6.04 Å². The molecular formula is C15H26N4O. The van der Waals surface area contributed by atoms with Crippen molar-refractivity contribution in [2.24, 2.45) is 11.8 Å². The molecule has 3 atom stereocenters. The van der Waals surface area contributed by atoms with Gasteiger partial charge in [-0.15, -0.1) is 0 Å². The molecule has 0 amide bonds. The summed E-state index contributed by atoms with van der Waals surface area (Å²) in [6.45, 7) is 7.30. The van der Waals surface area contributed by atoms with Gasteiger partial charge in [0.2, 0.25) is 5.88 Å². The average Bonchev–Trinajstić information content (AvgIpc) is 2.44. The lowest BCUT2D eigenvalue weighted by Gasteiger charge is -2.35. The van der Waals surface area contributed by atoms with Gasteiger partial charge in [-0.05, 0) is 24.7 Å². The smallest absolute Gasteiger partial charge is 0.242 e. The van der Waals surface area contributed by atoms with Gasteiger partial charge < -0.3 is 15.8 Å². The number of rotatable bonds is 5. The predicted octanol–water partition coefficient (Wildman–Crippen LogP) is 3.08. The van der Waals surface area contributed by atoms with E-state index in [2.05, 4.69) is 36.1 Å². The lowest BCUT2D eigenvalue weighted by molar-refractivity contribution is 0.252. The number of anilines is 2. The zero-order valence-electron chi connectivity index (χ0n) is 12.7. The van der Waals surface area contributed by atoms with Crippen molar-refractivity contribution in [3.8, 4) is 5.88 Å². The van der Waals surface area contributed by atoms with Gasteiger partial charge in [-0.3, -0.25) is 0 Å². The van der Waals surface area contributed by atoms with Gasteiger partial charge in [0.15, 0.2) is 5.82 Å². The van der Waals surface area contributed by atoms with Crippen molar-refractivity contribution in [2.75, 3.05) is 17.7 Å². The highest BCUT2D eigenvalue weighted by atomic mass is 16.5. The van der Waals surface area contributed by atoms with Crippen molar-refractivity contribution in [2.45, 2.75) is 52.5 Å². The second-order valence-electron chi connectivity index (χ2n) is 5.81. The van der Waals surface area contributed by atoms with Crippen LogP contribution in [-0.2, 0) is 0 Å². The molecule has 2 rings (SSSR count). The van der Waals surface area contributed by atoms with E-state index in [9.17, 15) is 0 Å². The van der Waals surface area contributed by atoms with Crippen LogP contribution in [0, 0.1) is 11.8 Å². The van der Waals surface area contributed by atoms with Crippen LogP contribution in [0.15, 0.2) is 6.33 Å². The highest BCUT2D eigenvalue weighted by molar-refractivity contribution is 5.66. The van der Waals surface area contributed by atoms with Gasteiger partial charge in [0.25, 0.3) is 0 Å². The molecule has 1 fully saturated rings. The van der Waals surface area contributed by atoms with E-state index in [4.69, 9.17) is 10.5 Å². The third-order valence-electron chi connectivity index (χ3n) is 4.32. The van der Waals surface area contributed by atoms with Crippen LogP contribution >= 0.6 is 0 Å². The molecule has 3 unspecified atom stereocenters. The second kappa shape index (κ2) is 6.77. The second-order valence-corrected chi connectivity index (χ2v) is 5.81. The summed E-state index contributed by atoms with van der Waals surface area (Å²) in [5.41, 5.74) is 6.63. The fraction of sp³-hybridized carbons (Fsp3) is 0.733. The van der Waals surface area contributed by atoms with E-state index < -0.39 is 0 Å². The zero-order valence-corrected chi connectivity index (χ0v) is 12.7. The number of nitrogens with one attached hydrogen (secondary N) is 1. The number of nitrogen functional groups attached to an aromatic ring is 1. The third kappa shape index (κ3) is 3.32. The topological polar surface area (TPSA) is 73.1 Å². The largest absolute Gasteiger partial charge is 0.476 e. The summed E-state index contributed by atoms with van der Waals surface area (Å²) in [6.07, 6.45) is 6.18. The molecular weight excluding hydrogens is 252 g/mol. The van der Waals surface area contributed by atoms with Crippen molar-refractivity contribution < 1.29 is 4.74 Å². The molecule has 0 saturated heterocycles. The van der Waals surface area contributed by atoms with E-state index in [1.807, 2.05) is 0 Å². The minimum atomic E-state index is 0.426. The first kappa shape index (κ1) is 14.9. The van der Waals surface area contributed by atoms with Gasteiger partial charge in [-0.2, -0.15) is 4.98 Å². The summed E-state index contributed by atoms with van der Waals surface area (Å²) in [7, 11) is 0. The van der Waals surface area contributed by atoms with Crippen LogP contribution in [-0.4, -0.2) is 22.6 Å². The Balaban J connectivity index is 2.08. The first-order valence-corrected chi connectivity index (χ1v) is 7.63. The van der Waals surface area contributed by atoms with E-state index in [1.54, 1.807) is 0 Å². The summed E-state index contributed by atoms with van der Waals surface area (Å²) >= 11 is 0. The highest BCUT2D eigenvalue weighted by Gasteiger charge is 2.27. The van der Waals surface area contributed by atoms with E-state index in [1.165, 1.54) is 25.6 Å². The Kier molecular flexibility index (Phi) is 5.04. The maximum Gasteiger partial charge on any atom is 0.242 e. The summed E-state index contributed by atoms with van der Waals surface area (Å²) in [4.78, 5) is 8.38. The molecule has 5 nitrogen and oxygen atoms in total. The van der Waals surface area contributed by atoms with Gasteiger partial charge in [0.05, 0.1) is 6.61 Å². The molecule has 0 bridgehead atoms. The highest BCUT2D eigenvalue weighted by Crippen LogP contribution is 2.33. The molecule has 0 aromatic carbocycles. The number of nitrogens with zero attached hydrogens (tertiary/aromatic N) is 2. The Morgan fingerprint density at radius 2 is 2.15 bits per heavy atom. The van der Waals surface area contributed by atoms with Gasteiger partial charge in [-0.25, -0.2) is 4.98 Å².